The Kier molecular flexibility index (Phi) is 52.6. The zero-order chi connectivity index (χ0) is 52.0. The van der Waals surface area contributed by atoms with Gasteiger partial charge < -0.3 is 18.9 Å². The summed E-state index contributed by atoms with van der Waals surface area (Å²) in [5.41, 5.74) is 0. The van der Waals surface area contributed by atoms with Crippen LogP contribution in [0.4, 0.5) is 0 Å². The Morgan fingerprint density at radius 1 is 0.423 bits per heavy atom. The van der Waals surface area contributed by atoms with Crippen LogP contribution < -0.4 is 0 Å². The summed E-state index contributed by atoms with van der Waals surface area (Å²) in [6.07, 6.45) is 62.9. The molecule has 0 aliphatic carbocycles. The van der Waals surface area contributed by atoms with Gasteiger partial charge in [-0.1, -0.05) is 276 Å². The number of ether oxygens (including phenoxy) is 2. The molecular formula is C61H121NO8P+. The van der Waals surface area contributed by atoms with Crippen molar-refractivity contribution in [2.75, 3.05) is 47.5 Å². The van der Waals surface area contributed by atoms with Crippen molar-refractivity contribution in [3.05, 3.63) is 12.2 Å². The fraction of sp³-hybridized carbons (Fsp3) is 0.934. The smallest absolute Gasteiger partial charge is 0.462 e. The lowest BCUT2D eigenvalue weighted by atomic mass is 10.0. The number of carbonyl (C=O) groups is 2. The molecule has 0 saturated carbocycles. The third-order valence-corrected chi connectivity index (χ3v) is 15.0. The van der Waals surface area contributed by atoms with Gasteiger partial charge in [-0.25, -0.2) is 4.57 Å². The van der Waals surface area contributed by atoms with E-state index in [0.717, 1.165) is 32.1 Å². The summed E-state index contributed by atoms with van der Waals surface area (Å²) in [6.45, 7) is 4.50. The van der Waals surface area contributed by atoms with Crippen molar-refractivity contribution in [1.29, 1.82) is 0 Å². The number of rotatable bonds is 58. The van der Waals surface area contributed by atoms with Gasteiger partial charge in [0.15, 0.2) is 6.10 Å². The van der Waals surface area contributed by atoms with E-state index in [1.54, 1.807) is 0 Å². The molecule has 1 N–H and O–H groups in total. The van der Waals surface area contributed by atoms with E-state index in [0.29, 0.717) is 23.9 Å². The van der Waals surface area contributed by atoms with Crippen LogP contribution in [0.2, 0.25) is 0 Å². The van der Waals surface area contributed by atoms with Gasteiger partial charge in [-0.05, 0) is 38.5 Å². The zero-order valence-electron chi connectivity index (χ0n) is 48.0. The number of likely N-dealkylation sites (N-methyl/N-ethyl adjacent to an activating group) is 1. The van der Waals surface area contributed by atoms with Crippen molar-refractivity contribution in [3.8, 4) is 0 Å². The Morgan fingerprint density at radius 3 is 1.04 bits per heavy atom. The van der Waals surface area contributed by atoms with E-state index in [9.17, 15) is 19.0 Å². The Labute approximate surface area is 441 Å². The number of allylic oxidation sites excluding steroid dienone is 2. The number of nitrogens with zero attached hydrogens (tertiary/aromatic N) is 1. The Balaban J connectivity index is 4.07. The van der Waals surface area contributed by atoms with E-state index in [2.05, 4.69) is 26.0 Å². The highest BCUT2D eigenvalue weighted by Crippen LogP contribution is 2.43. The lowest BCUT2D eigenvalue weighted by molar-refractivity contribution is -0.870. The molecule has 0 aromatic rings. The van der Waals surface area contributed by atoms with Crippen LogP contribution in [0.3, 0.4) is 0 Å². The van der Waals surface area contributed by atoms with E-state index < -0.39 is 26.5 Å². The molecule has 71 heavy (non-hydrogen) atoms. The second-order valence-corrected chi connectivity index (χ2v) is 23.9. The molecule has 0 fully saturated rings. The minimum absolute atomic E-state index is 0.0361. The monoisotopic (exact) mass is 1030 g/mol. The molecule has 0 rings (SSSR count). The SMILES string of the molecule is CCCCCCCCCC/C=C\CCCCCCCCCCCCCCCCCC(=O)OC(COC(=O)CCCCCCCCCCCCCCCCCCCCCC)COP(=O)(O)OCC[N+](C)(C)C. The molecular weight excluding hydrogens is 906 g/mol. The largest absolute Gasteiger partial charge is 0.472 e. The van der Waals surface area contributed by atoms with Gasteiger partial charge >= 0.3 is 19.8 Å². The lowest BCUT2D eigenvalue weighted by Gasteiger charge is -2.24. The third-order valence-electron chi connectivity index (χ3n) is 14.0. The number of phosphoric ester groups is 1. The first-order valence-corrected chi connectivity index (χ1v) is 32.4. The van der Waals surface area contributed by atoms with Gasteiger partial charge in [0.2, 0.25) is 0 Å². The summed E-state index contributed by atoms with van der Waals surface area (Å²) in [5, 5.41) is 0. The summed E-state index contributed by atoms with van der Waals surface area (Å²) < 4.78 is 34.6. The fourth-order valence-corrected chi connectivity index (χ4v) is 9.99. The number of unbranched alkanes of at least 4 members (excludes halogenated alkanes) is 42. The molecule has 2 unspecified atom stereocenters. The summed E-state index contributed by atoms with van der Waals surface area (Å²) in [6, 6.07) is 0. The van der Waals surface area contributed by atoms with Crippen LogP contribution in [0.25, 0.3) is 0 Å². The third kappa shape index (κ3) is 57.9. The molecule has 0 spiro atoms. The summed E-state index contributed by atoms with van der Waals surface area (Å²) in [5.74, 6) is -0.775. The molecule has 0 radical (unpaired) electrons. The van der Waals surface area contributed by atoms with Crippen LogP contribution >= 0.6 is 7.82 Å². The molecule has 2 atom stereocenters. The van der Waals surface area contributed by atoms with Gasteiger partial charge in [0.25, 0.3) is 0 Å². The van der Waals surface area contributed by atoms with E-state index >= 15 is 0 Å². The van der Waals surface area contributed by atoms with E-state index in [-0.39, 0.29) is 25.6 Å². The van der Waals surface area contributed by atoms with Crippen LogP contribution in [0, 0.1) is 0 Å². The average Bonchev–Trinajstić information content (AvgIpc) is 3.33. The van der Waals surface area contributed by atoms with Crippen molar-refractivity contribution >= 4 is 19.8 Å². The molecule has 0 heterocycles. The quantitative estimate of drug-likeness (QED) is 0.0211. The highest BCUT2D eigenvalue weighted by Gasteiger charge is 2.27. The van der Waals surface area contributed by atoms with E-state index in [1.807, 2.05) is 21.1 Å². The molecule has 422 valence electrons. The lowest BCUT2D eigenvalue weighted by Crippen LogP contribution is -2.37. The minimum atomic E-state index is -4.38. The van der Waals surface area contributed by atoms with Crippen molar-refractivity contribution in [2.45, 2.75) is 322 Å². The topological polar surface area (TPSA) is 108 Å². The summed E-state index contributed by atoms with van der Waals surface area (Å²) in [7, 11) is 1.50. The first kappa shape index (κ1) is 69.8. The number of hydrogen-bond donors (Lipinski definition) is 1. The van der Waals surface area contributed by atoms with Crippen molar-refractivity contribution < 1.29 is 42.1 Å². The minimum Gasteiger partial charge on any atom is -0.462 e. The zero-order valence-corrected chi connectivity index (χ0v) is 48.9. The average molecular weight is 1030 g/mol. The molecule has 0 aromatic heterocycles. The number of quaternary nitrogens is 1. The Hall–Kier alpha value is -1.25. The predicted octanol–water partition coefficient (Wildman–Crippen LogP) is 19.2. The molecule has 0 saturated heterocycles. The number of esters is 2. The van der Waals surface area contributed by atoms with Gasteiger partial charge in [0.05, 0.1) is 27.7 Å². The first-order valence-electron chi connectivity index (χ1n) is 30.9. The Bertz CT molecular complexity index is 1210. The highest BCUT2D eigenvalue weighted by atomic mass is 31.2. The van der Waals surface area contributed by atoms with Gasteiger partial charge in [0, 0.05) is 12.8 Å². The van der Waals surface area contributed by atoms with Crippen LogP contribution in [-0.2, 0) is 32.7 Å². The maximum Gasteiger partial charge on any atom is 0.472 e. The normalized spacial score (nSPS) is 13.3. The molecule has 0 aromatic carbocycles. The Morgan fingerprint density at radius 2 is 0.718 bits per heavy atom. The van der Waals surface area contributed by atoms with E-state index in [1.165, 1.54) is 250 Å². The van der Waals surface area contributed by atoms with Crippen LogP contribution in [-0.4, -0.2) is 74.9 Å². The van der Waals surface area contributed by atoms with Crippen LogP contribution in [0.1, 0.15) is 316 Å². The maximum absolute atomic E-state index is 12.8. The van der Waals surface area contributed by atoms with Crippen molar-refractivity contribution in [2.24, 2.45) is 0 Å². The van der Waals surface area contributed by atoms with E-state index in [4.69, 9.17) is 18.5 Å². The predicted molar refractivity (Wildman–Crippen MR) is 303 cm³/mol. The van der Waals surface area contributed by atoms with Gasteiger partial charge in [-0.3, -0.25) is 18.6 Å². The summed E-state index contributed by atoms with van der Waals surface area (Å²) >= 11 is 0. The number of hydrogen-bond acceptors (Lipinski definition) is 7. The van der Waals surface area contributed by atoms with Crippen molar-refractivity contribution in [1.82, 2.24) is 0 Å². The number of carbonyl (C=O) groups excluding carboxylic acids is 2. The van der Waals surface area contributed by atoms with Gasteiger partial charge in [-0.15, -0.1) is 0 Å². The highest BCUT2D eigenvalue weighted by molar-refractivity contribution is 7.47. The second-order valence-electron chi connectivity index (χ2n) is 22.5. The van der Waals surface area contributed by atoms with Crippen LogP contribution in [0.15, 0.2) is 12.2 Å². The second kappa shape index (κ2) is 53.6. The van der Waals surface area contributed by atoms with Crippen LogP contribution in [0.5, 0.6) is 0 Å². The molecule has 0 bridgehead atoms. The fourth-order valence-electron chi connectivity index (χ4n) is 9.25. The molecule has 10 heteroatoms. The number of phosphoric acid groups is 1. The standard InChI is InChI=1S/C61H120NO8P/c1-6-8-10-12-14-16-18-20-22-24-26-28-29-30-31-32-33-34-36-38-40-42-44-46-48-50-52-54-61(64)70-59(58-69-71(65,66)68-56-55-62(3,4)5)57-67-60(63)53-51-49-47-45-43-41-39-37-35-27-25-23-21-19-17-15-13-11-9-7-2/h24,26,59H,6-23,25,27-58H2,1-5H3/p+1/b26-24-. The first-order chi connectivity index (χ1) is 34.5. The maximum atomic E-state index is 12.8. The molecule has 0 aliphatic heterocycles. The molecule has 0 amide bonds. The van der Waals surface area contributed by atoms with Crippen molar-refractivity contribution in [3.63, 3.8) is 0 Å². The van der Waals surface area contributed by atoms with Gasteiger partial charge in [-0.2, -0.15) is 0 Å². The summed E-state index contributed by atoms with van der Waals surface area (Å²) in [4.78, 5) is 35.7. The molecule has 0 aliphatic rings. The van der Waals surface area contributed by atoms with Gasteiger partial charge in [0.1, 0.15) is 19.8 Å². The molecule has 9 nitrogen and oxygen atoms in total.